The molecule has 0 radical (unpaired) electrons. The maximum Gasteiger partial charge on any atom is 0.393 e. The number of benzene rings is 1. The van der Waals surface area contributed by atoms with E-state index in [0.717, 1.165) is 0 Å². The third kappa shape index (κ3) is 5.14. The van der Waals surface area contributed by atoms with Crippen molar-refractivity contribution < 1.29 is 32.6 Å². The van der Waals surface area contributed by atoms with Crippen LogP contribution in [0.15, 0.2) is 24.3 Å². The number of carbonyl (C=O) groups is 2. The summed E-state index contributed by atoms with van der Waals surface area (Å²) in [5.41, 5.74) is 0.567. The number of hydrogen-bond donors (Lipinski definition) is 1. The van der Waals surface area contributed by atoms with Gasteiger partial charge in [0.2, 0.25) is 5.91 Å². The zero-order valence-corrected chi connectivity index (χ0v) is 12.9. The van der Waals surface area contributed by atoms with E-state index in [2.05, 4.69) is 0 Å². The van der Waals surface area contributed by atoms with E-state index in [1.54, 1.807) is 18.2 Å². The van der Waals surface area contributed by atoms with Crippen molar-refractivity contribution in [2.24, 2.45) is 5.92 Å². The Morgan fingerprint density at radius 3 is 2.75 bits per heavy atom. The molecule has 1 aliphatic heterocycles. The lowest BCUT2D eigenvalue weighted by molar-refractivity contribution is -0.187. The standard InChI is InChI=1S/C16H18F3NO4/c17-16(18,19)12-4-2-6-20(9-12)14(21)8-11-3-1-5-13(7-11)24-10-15(22)23/h1,3,5,7,12H,2,4,6,8-10H2,(H,22,23). The number of piperidine rings is 1. The zero-order chi connectivity index (χ0) is 17.7. The molecule has 8 heteroatoms. The highest BCUT2D eigenvalue weighted by Crippen LogP contribution is 2.33. The molecule has 24 heavy (non-hydrogen) atoms. The van der Waals surface area contributed by atoms with Gasteiger partial charge >= 0.3 is 12.1 Å². The Bertz CT molecular complexity index is 603. The minimum atomic E-state index is -4.29. The van der Waals surface area contributed by atoms with Gasteiger partial charge in [-0.05, 0) is 30.5 Å². The summed E-state index contributed by atoms with van der Waals surface area (Å²) in [6.45, 7) is -0.491. The SMILES string of the molecule is O=C(O)COc1cccc(CC(=O)N2CCCC(C(F)(F)F)C2)c1. The van der Waals surface area contributed by atoms with Crippen LogP contribution in [-0.2, 0) is 16.0 Å². The van der Waals surface area contributed by atoms with E-state index < -0.39 is 24.7 Å². The Labute approximate surface area is 137 Å². The summed E-state index contributed by atoms with van der Waals surface area (Å²) in [4.78, 5) is 24.0. The van der Waals surface area contributed by atoms with Crippen molar-refractivity contribution in [3.8, 4) is 5.75 Å². The molecular weight excluding hydrogens is 327 g/mol. The molecule has 1 atom stereocenters. The number of aliphatic carboxylic acids is 1. The fourth-order valence-electron chi connectivity index (χ4n) is 2.65. The lowest BCUT2D eigenvalue weighted by Crippen LogP contribution is -2.45. The fraction of sp³-hybridized carbons (Fsp3) is 0.500. The molecule has 2 rings (SSSR count). The van der Waals surface area contributed by atoms with Gasteiger partial charge in [-0.3, -0.25) is 4.79 Å². The van der Waals surface area contributed by atoms with Crippen LogP contribution in [0.25, 0.3) is 0 Å². The van der Waals surface area contributed by atoms with Crippen LogP contribution in [0.5, 0.6) is 5.75 Å². The largest absolute Gasteiger partial charge is 0.482 e. The van der Waals surface area contributed by atoms with Crippen molar-refractivity contribution in [3.63, 3.8) is 0 Å². The Morgan fingerprint density at radius 2 is 2.08 bits per heavy atom. The van der Waals surface area contributed by atoms with Gasteiger partial charge in [0.1, 0.15) is 5.75 Å². The Kier molecular flexibility index (Phi) is 5.69. The highest BCUT2D eigenvalue weighted by molar-refractivity contribution is 5.79. The molecule has 1 saturated heterocycles. The molecule has 1 fully saturated rings. The van der Waals surface area contributed by atoms with Crippen molar-refractivity contribution in [2.45, 2.75) is 25.4 Å². The second kappa shape index (κ2) is 7.55. The zero-order valence-electron chi connectivity index (χ0n) is 12.9. The molecule has 0 aliphatic carbocycles. The number of rotatable bonds is 5. The number of nitrogens with zero attached hydrogens (tertiary/aromatic N) is 1. The van der Waals surface area contributed by atoms with E-state index >= 15 is 0 Å². The van der Waals surface area contributed by atoms with E-state index in [-0.39, 0.29) is 25.3 Å². The van der Waals surface area contributed by atoms with E-state index in [1.165, 1.54) is 11.0 Å². The summed E-state index contributed by atoms with van der Waals surface area (Å²) in [6.07, 6.45) is -3.96. The van der Waals surface area contributed by atoms with Crippen LogP contribution < -0.4 is 4.74 Å². The normalized spacial score (nSPS) is 18.3. The molecule has 0 spiro atoms. The Morgan fingerprint density at radius 1 is 1.33 bits per heavy atom. The first-order valence-corrected chi connectivity index (χ1v) is 7.53. The Balaban J connectivity index is 1.96. The third-order valence-electron chi connectivity index (χ3n) is 3.85. The highest BCUT2D eigenvalue weighted by atomic mass is 19.4. The van der Waals surface area contributed by atoms with Crippen LogP contribution in [0.2, 0.25) is 0 Å². The predicted molar refractivity (Wildman–Crippen MR) is 78.6 cm³/mol. The van der Waals surface area contributed by atoms with E-state index in [4.69, 9.17) is 9.84 Å². The summed E-state index contributed by atoms with van der Waals surface area (Å²) in [5, 5.41) is 8.57. The van der Waals surface area contributed by atoms with Gasteiger partial charge in [-0.25, -0.2) is 4.79 Å². The minimum Gasteiger partial charge on any atom is -0.482 e. The van der Waals surface area contributed by atoms with Crippen molar-refractivity contribution in [1.82, 2.24) is 4.90 Å². The lowest BCUT2D eigenvalue weighted by Gasteiger charge is -2.33. The third-order valence-corrected chi connectivity index (χ3v) is 3.85. The maximum absolute atomic E-state index is 12.8. The average Bonchev–Trinajstić information content (AvgIpc) is 2.52. The summed E-state index contributed by atoms with van der Waals surface area (Å²) in [7, 11) is 0. The highest BCUT2D eigenvalue weighted by Gasteiger charge is 2.42. The van der Waals surface area contributed by atoms with Gasteiger partial charge in [-0.1, -0.05) is 12.1 Å². The number of carbonyl (C=O) groups excluding carboxylic acids is 1. The first-order valence-electron chi connectivity index (χ1n) is 7.53. The molecule has 1 heterocycles. The van der Waals surface area contributed by atoms with Crippen LogP contribution in [-0.4, -0.2) is 47.8 Å². The molecule has 1 amide bonds. The molecule has 0 saturated carbocycles. The van der Waals surface area contributed by atoms with Crippen LogP contribution in [0.1, 0.15) is 18.4 Å². The van der Waals surface area contributed by atoms with Crippen molar-refractivity contribution in [3.05, 3.63) is 29.8 Å². The molecule has 0 bridgehead atoms. The molecule has 132 valence electrons. The quantitative estimate of drug-likeness (QED) is 0.890. The number of hydrogen-bond acceptors (Lipinski definition) is 3. The molecular formula is C16H18F3NO4. The number of halogens is 3. The number of alkyl halides is 3. The molecule has 0 aromatic heterocycles. The second-order valence-corrected chi connectivity index (χ2v) is 5.73. The second-order valence-electron chi connectivity index (χ2n) is 5.73. The summed E-state index contributed by atoms with van der Waals surface area (Å²) in [5.74, 6) is -2.67. The smallest absolute Gasteiger partial charge is 0.393 e. The average molecular weight is 345 g/mol. The van der Waals surface area contributed by atoms with E-state index in [0.29, 0.717) is 24.3 Å². The molecule has 1 aromatic carbocycles. The predicted octanol–water partition coefficient (Wildman–Crippen LogP) is 2.49. The van der Waals surface area contributed by atoms with Crippen molar-refractivity contribution in [2.75, 3.05) is 19.7 Å². The van der Waals surface area contributed by atoms with Gasteiger partial charge in [0, 0.05) is 13.1 Å². The van der Waals surface area contributed by atoms with Gasteiger partial charge in [-0.15, -0.1) is 0 Å². The van der Waals surface area contributed by atoms with Crippen molar-refractivity contribution in [1.29, 1.82) is 0 Å². The van der Waals surface area contributed by atoms with Gasteiger partial charge in [0.15, 0.2) is 6.61 Å². The van der Waals surface area contributed by atoms with Crippen LogP contribution in [0, 0.1) is 5.92 Å². The van der Waals surface area contributed by atoms with Crippen LogP contribution in [0.3, 0.4) is 0 Å². The molecule has 1 aromatic rings. The maximum atomic E-state index is 12.8. The monoisotopic (exact) mass is 345 g/mol. The van der Waals surface area contributed by atoms with Crippen molar-refractivity contribution >= 4 is 11.9 Å². The summed E-state index contributed by atoms with van der Waals surface area (Å²) in [6, 6.07) is 6.33. The van der Waals surface area contributed by atoms with Gasteiger partial charge in [0.25, 0.3) is 0 Å². The molecule has 5 nitrogen and oxygen atoms in total. The first-order chi connectivity index (χ1) is 11.3. The molecule has 1 unspecified atom stereocenters. The van der Waals surface area contributed by atoms with E-state index in [9.17, 15) is 22.8 Å². The molecule has 1 aliphatic rings. The summed E-state index contributed by atoms with van der Waals surface area (Å²) < 4.78 is 43.4. The fourth-order valence-corrected chi connectivity index (χ4v) is 2.65. The topological polar surface area (TPSA) is 66.8 Å². The number of amides is 1. The first kappa shape index (κ1) is 18.1. The Hall–Kier alpha value is -2.25. The van der Waals surface area contributed by atoms with Crippen LogP contribution in [0.4, 0.5) is 13.2 Å². The lowest BCUT2D eigenvalue weighted by atomic mass is 9.97. The number of likely N-dealkylation sites (tertiary alicyclic amines) is 1. The minimum absolute atomic E-state index is 0.0468. The van der Waals surface area contributed by atoms with Gasteiger partial charge in [0.05, 0.1) is 12.3 Å². The number of ether oxygens (including phenoxy) is 1. The number of carboxylic acids is 1. The van der Waals surface area contributed by atoms with Gasteiger partial charge in [-0.2, -0.15) is 13.2 Å². The summed E-state index contributed by atoms with van der Waals surface area (Å²) >= 11 is 0. The molecule has 1 N–H and O–H groups in total. The van der Waals surface area contributed by atoms with E-state index in [1.807, 2.05) is 0 Å². The van der Waals surface area contributed by atoms with Gasteiger partial charge < -0.3 is 14.7 Å². The van der Waals surface area contributed by atoms with Crippen LogP contribution >= 0.6 is 0 Å². The number of carboxylic acid groups (broad SMARTS) is 1.